The number of nitrogens with zero attached hydrogens (tertiary/aromatic N) is 4. The molecule has 0 atom stereocenters. The summed E-state index contributed by atoms with van der Waals surface area (Å²) in [5.74, 6) is 3.33. The lowest BCUT2D eigenvalue weighted by Gasteiger charge is -2.20. The lowest BCUT2D eigenvalue weighted by atomic mass is 9.93. The van der Waals surface area contributed by atoms with E-state index in [2.05, 4.69) is 126 Å². The fraction of sp³-hybridized carbons (Fsp3) is 0.583. The van der Waals surface area contributed by atoms with Gasteiger partial charge in [0.05, 0.1) is 72.1 Å². The third-order valence-electron chi connectivity index (χ3n) is 22.5. The maximum Gasteiger partial charge on any atom is 0.172 e. The molecule has 14 heteroatoms. The van der Waals surface area contributed by atoms with Gasteiger partial charge in [-0.25, -0.2) is 0 Å². The molecule has 0 aliphatic rings. The number of rotatable bonds is 59. The summed E-state index contributed by atoms with van der Waals surface area (Å²) >= 11 is 10.3. The highest BCUT2D eigenvalue weighted by Gasteiger charge is 2.33. The number of hydrogen-bond acceptors (Lipinski definition) is 14. The van der Waals surface area contributed by atoms with Crippen molar-refractivity contribution in [2.75, 3.05) is 26.4 Å². The molecule has 11 aromatic rings. The Kier molecular flexibility index (Phi) is 37.3. The van der Waals surface area contributed by atoms with Gasteiger partial charge in [0.25, 0.3) is 0 Å². The number of fused-ring (bicyclic) bond motifs is 5. The van der Waals surface area contributed by atoms with Gasteiger partial charge >= 0.3 is 0 Å². The molecule has 6 heterocycles. The molecule has 8 nitrogen and oxygen atoms in total. The molecule has 0 amide bonds. The van der Waals surface area contributed by atoms with Crippen molar-refractivity contribution < 1.29 is 18.9 Å². The molecule has 0 fully saturated rings. The number of ether oxygens (including phenoxy) is 4. The van der Waals surface area contributed by atoms with Crippen molar-refractivity contribution >= 4 is 120 Å². The zero-order chi connectivity index (χ0) is 76.2. The smallest absolute Gasteiger partial charge is 0.172 e. The number of benzene rings is 5. The van der Waals surface area contributed by atoms with Gasteiger partial charge in [-0.2, -0.15) is 17.5 Å². The zero-order valence-corrected chi connectivity index (χ0v) is 73.2. The second kappa shape index (κ2) is 48.0. The van der Waals surface area contributed by atoms with Gasteiger partial charge in [-0.05, 0) is 109 Å². The van der Waals surface area contributed by atoms with Gasteiger partial charge in [-0.1, -0.05) is 346 Å². The Morgan fingerprint density at radius 2 is 0.518 bits per heavy atom. The molecule has 0 bridgehead atoms. The lowest BCUT2D eigenvalue weighted by molar-refractivity contribution is 0.260. The first kappa shape index (κ1) is 85.4. The van der Waals surface area contributed by atoms with Crippen LogP contribution < -0.4 is 18.9 Å². The van der Waals surface area contributed by atoms with E-state index in [4.69, 9.17) is 36.4 Å². The van der Waals surface area contributed by atoms with Gasteiger partial charge in [0, 0.05) is 38.3 Å². The molecule has 0 spiro atoms. The van der Waals surface area contributed by atoms with E-state index >= 15 is 0 Å². The van der Waals surface area contributed by atoms with Gasteiger partial charge in [0.2, 0.25) is 0 Å². The molecule has 6 aromatic heterocycles. The van der Waals surface area contributed by atoms with E-state index in [1.54, 1.807) is 0 Å². The van der Waals surface area contributed by atoms with Crippen LogP contribution in [0.1, 0.15) is 335 Å². The molecule has 0 unspecified atom stereocenters. The van der Waals surface area contributed by atoms with Crippen LogP contribution in [0.3, 0.4) is 0 Å². The normalized spacial score (nSPS) is 11.9. The molecular formula is C96H132N4O4S6. The van der Waals surface area contributed by atoms with Gasteiger partial charge in [0.15, 0.2) is 23.0 Å². The van der Waals surface area contributed by atoms with Crippen molar-refractivity contribution in [3.8, 4) is 75.9 Å². The van der Waals surface area contributed by atoms with E-state index in [1.165, 1.54) is 303 Å². The van der Waals surface area contributed by atoms with Crippen molar-refractivity contribution in [1.29, 1.82) is 0 Å². The van der Waals surface area contributed by atoms with Crippen LogP contribution in [-0.4, -0.2) is 43.9 Å². The molecule has 0 radical (unpaired) electrons. The Morgan fingerprint density at radius 3 is 0.855 bits per heavy atom. The Bertz CT molecular complexity index is 4310. The minimum Gasteiger partial charge on any atom is -0.489 e. The predicted molar refractivity (Wildman–Crippen MR) is 486 cm³/mol. The fourth-order valence-corrected chi connectivity index (χ4v) is 22.4. The predicted octanol–water partition coefficient (Wildman–Crippen LogP) is 33.6. The largest absolute Gasteiger partial charge is 0.489 e. The summed E-state index contributed by atoms with van der Waals surface area (Å²) in [5, 5.41) is 2.77. The van der Waals surface area contributed by atoms with Crippen LogP contribution in [0.15, 0.2) is 84.9 Å². The third kappa shape index (κ3) is 23.8. The standard InChI is InChI=1S/C96H132N4O4S6/c1-7-13-19-25-31-33-35-37-39-51-61-73-75-67-80(84-88-87(97-109-98-88)83(72-59-49-46-50-60-72)91(101-63-53-41-27-21-15-9-3)92(84)102-64-54-42-28-22-16-10-4)107-95(75)74(62-52-40-38-36-34-32-26-20-14-8-2)76-68-81(108-96(73)76)85-89-90(100-110-99-89)86(82-70-79-78(106-82)69-77(105-79)71-57-47-45-48-58-71)94(104-66-56-44-30-24-18-12-6)93(85)103-65-55-43-29-23-17-11-5/h45-50,57-60,67-70H,7-44,51-56,61-66H2,1-6H3. The molecule has 0 saturated carbocycles. The van der Waals surface area contributed by atoms with Crippen LogP contribution in [0.2, 0.25) is 0 Å². The van der Waals surface area contributed by atoms with Gasteiger partial charge in [0.1, 0.15) is 22.1 Å². The topological polar surface area (TPSA) is 88.5 Å². The summed E-state index contributed by atoms with van der Waals surface area (Å²) in [6.45, 7) is 16.3. The summed E-state index contributed by atoms with van der Waals surface area (Å²) in [6.07, 6.45) is 56.4. The van der Waals surface area contributed by atoms with E-state index in [1.807, 2.05) is 45.3 Å². The number of unbranched alkanes of at least 4 members (excludes halogenated alkanes) is 38. The summed E-state index contributed by atoms with van der Waals surface area (Å²) in [4.78, 5) is 4.84. The monoisotopic (exact) mass is 1600 g/mol. The Hall–Kier alpha value is -5.48. The van der Waals surface area contributed by atoms with E-state index in [-0.39, 0.29) is 0 Å². The highest BCUT2D eigenvalue weighted by molar-refractivity contribution is 7.31. The number of hydrogen-bond donors (Lipinski definition) is 0. The van der Waals surface area contributed by atoms with Crippen LogP contribution in [0.25, 0.3) is 105 Å². The van der Waals surface area contributed by atoms with Crippen molar-refractivity contribution in [1.82, 2.24) is 17.5 Å². The number of thiophene rings is 4. The molecule has 0 saturated heterocycles. The Balaban J connectivity index is 1.10. The van der Waals surface area contributed by atoms with E-state index in [9.17, 15) is 0 Å². The SMILES string of the molecule is CCCCCCCCCCCCc1c2cc(-c3c(OCCCCCCCC)c(OCCCCCCCC)c(-c4cc5sc(-c6ccccc6)cc5s4)c4nsnc34)sc2c(CCCCCCCCCCCC)c2cc(-c3c(OCCCCCCCC)c(OCCCCCCCC)c(-c4ccccc4)c4nsnc34)sc12. The Labute approximate surface area is 686 Å². The molecular weight excluding hydrogens is 1470 g/mol. The van der Waals surface area contributed by atoms with Crippen LogP contribution >= 0.6 is 68.8 Å². The lowest BCUT2D eigenvalue weighted by Crippen LogP contribution is -2.06. The van der Waals surface area contributed by atoms with Gasteiger partial charge < -0.3 is 18.9 Å². The first-order valence-electron chi connectivity index (χ1n) is 44.3. The summed E-state index contributed by atoms with van der Waals surface area (Å²) in [6, 6.07) is 31.7. The van der Waals surface area contributed by atoms with Crippen molar-refractivity contribution in [3.05, 3.63) is 96.1 Å². The van der Waals surface area contributed by atoms with E-state index < -0.39 is 0 Å². The molecule has 11 rings (SSSR count). The van der Waals surface area contributed by atoms with Crippen molar-refractivity contribution in [3.63, 3.8) is 0 Å². The van der Waals surface area contributed by atoms with Gasteiger partial charge in [-0.3, -0.25) is 0 Å². The van der Waals surface area contributed by atoms with Crippen molar-refractivity contribution in [2.24, 2.45) is 0 Å². The van der Waals surface area contributed by atoms with Crippen LogP contribution in [0, 0.1) is 0 Å². The number of aromatic nitrogens is 4. The number of aryl methyl sites for hydroxylation is 2. The molecule has 0 aliphatic carbocycles. The maximum atomic E-state index is 7.56. The Morgan fingerprint density at radius 1 is 0.255 bits per heavy atom. The fourth-order valence-electron chi connectivity index (χ4n) is 16.2. The molecule has 596 valence electrons. The summed E-state index contributed by atoms with van der Waals surface area (Å²) < 4.78 is 56.6. The minimum absolute atomic E-state index is 0.608. The van der Waals surface area contributed by atoms with Crippen LogP contribution in [-0.2, 0) is 12.8 Å². The third-order valence-corrected chi connectivity index (χ3v) is 28.4. The van der Waals surface area contributed by atoms with Crippen molar-refractivity contribution in [2.45, 2.75) is 337 Å². The molecule has 0 aliphatic heterocycles. The minimum atomic E-state index is 0.608. The highest BCUT2D eigenvalue weighted by atomic mass is 32.1. The summed E-state index contributed by atoms with van der Waals surface area (Å²) in [5.41, 5.74) is 13.0. The van der Waals surface area contributed by atoms with Crippen LogP contribution in [0.4, 0.5) is 0 Å². The average molecular weight is 1600 g/mol. The first-order chi connectivity index (χ1) is 54.5. The van der Waals surface area contributed by atoms with Gasteiger partial charge in [-0.15, -0.1) is 45.3 Å². The molecule has 110 heavy (non-hydrogen) atoms. The first-order valence-corrected chi connectivity index (χ1v) is 49.0. The second-order valence-corrected chi connectivity index (χ2v) is 36.7. The highest BCUT2D eigenvalue weighted by Crippen LogP contribution is 2.58. The van der Waals surface area contributed by atoms with E-state index in [0.717, 1.165) is 155 Å². The molecule has 0 N–H and O–H groups in total. The van der Waals surface area contributed by atoms with Crippen LogP contribution in [0.5, 0.6) is 23.0 Å². The zero-order valence-electron chi connectivity index (χ0n) is 68.3. The second-order valence-electron chi connectivity index (χ2n) is 31.4. The summed E-state index contributed by atoms with van der Waals surface area (Å²) in [7, 11) is 0. The quantitative estimate of drug-likeness (QED) is 0.0348. The molecule has 5 aromatic carbocycles. The van der Waals surface area contributed by atoms with E-state index in [0.29, 0.717) is 26.4 Å². The maximum absolute atomic E-state index is 7.56. The average Bonchev–Trinajstić information content (AvgIpc) is 1.53.